The number of likely N-dealkylation sites (tertiary alicyclic amines) is 1. The molecule has 1 saturated heterocycles. The zero-order valence-corrected chi connectivity index (χ0v) is 14.3. The molecule has 0 atom stereocenters. The molecule has 0 unspecified atom stereocenters. The zero-order chi connectivity index (χ0) is 16.3. The van der Waals surface area contributed by atoms with Crippen molar-refractivity contribution in [3.05, 3.63) is 29.3 Å². The minimum atomic E-state index is -0.430. The van der Waals surface area contributed by atoms with E-state index >= 15 is 0 Å². The van der Waals surface area contributed by atoms with Crippen molar-refractivity contribution in [2.24, 2.45) is 0 Å². The van der Waals surface area contributed by atoms with Crippen LogP contribution in [0, 0.1) is 6.92 Å². The van der Waals surface area contributed by atoms with Gasteiger partial charge in [0, 0.05) is 13.1 Å². The fraction of sp³-hybridized carbons (Fsp3) is 0.611. The van der Waals surface area contributed by atoms with Gasteiger partial charge >= 0.3 is 6.09 Å². The third-order valence-electron chi connectivity index (χ3n) is 4.04. The van der Waals surface area contributed by atoms with Crippen LogP contribution in [0.5, 0.6) is 5.75 Å². The molecule has 1 aliphatic rings. The molecule has 1 heterocycles. The Labute approximate surface area is 133 Å². The average Bonchev–Trinajstić information content (AvgIpc) is 2.45. The zero-order valence-electron chi connectivity index (χ0n) is 14.3. The number of methoxy groups -OCH3 is 1. The molecule has 0 radical (unpaired) electrons. The van der Waals surface area contributed by atoms with E-state index in [2.05, 4.69) is 19.1 Å². The molecule has 1 aromatic rings. The van der Waals surface area contributed by atoms with E-state index in [-0.39, 0.29) is 6.09 Å². The Hall–Kier alpha value is -1.71. The summed E-state index contributed by atoms with van der Waals surface area (Å²) in [6.45, 7) is 9.28. The summed E-state index contributed by atoms with van der Waals surface area (Å²) >= 11 is 0. The van der Waals surface area contributed by atoms with Gasteiger partial charge in [-0.3, -0.25) is 0 Å². The number of amides is 1. The van der Waals surface area contributed by atoms with Gasteiger partial charge in [-0.15, -0.1) is 0 Å². The van der Waals surface area contributed by atoms with Crippen LogP contribution < -0.4 is 4.74 Å². The second kappa shape index (κ2) is 6.59. The molecule has 4 heteroatoms. The van der Waals surface area contributed by atoms with Gasteiger partial charge in [0.25, 0.3) is 0 Å². The van der Waals surface area contributed by atoms with Gasteiger partial charge in [0.15, 0.2) is 0 Å². The lowest BCUT2D eigenvalue weighted by Gasteiger charge is -2.33. The average molecular weight is 305 g/mol. The third kappa shape index (κ3) is 4.15. The van der Waals surface area contributed by atoms with Crippen LogP contribution in [-0.2, 0) is 4.74 Å². The van der Waals surface area contributed by atoms with Crippen LogP contribution in [0.15, 0.2) is 18.2 Å². The number of ether oxygens (including phenoxy) is 2. The molecule has 2 rings (SSSR count). The number of benzene rings is 1. The molecule has 122 valence electrons. The molecule has 0 aliphatic carbocycles. The molecule has 1 fully saturated rings. The number of carbonyl (C=O) groups is 1. The second-order valence-electron chi connectivity index (χ2n) is 6.97. The number of piperidine rings is 1. The number of rotatable bonds is 2. The molecule has 4 nitrogen and oxygen atoms in total. The van der Waals surface area contributed by atoms with Crippen molar-refractivity contribution in [1.82, 2.24) is 4.90 Å². The summed E-state index contributed by atoms with van der Waals surface area (Å²) in [6.07, 6.45) is 1.76. The molecule has 0 saturated carbocycles. The number of hydrogen-bond donors (Lipinski definition) is 0. The standard InChI is InChI=1S/C18H27NO3/c1-13-12-15(6-7-16(13)21-5)14-8-10-19(11-9-14)17(20)22-18(2,3)4/h6-7,12,14H,8-11H2,1-5H3. The Morgan fingerprint density at radius 1 is 1.23 bits per heavy atom. The quantitative estimate of drug-likeness (QED) is 0.825. The Balaban J connectivity index is 1.94. The van der Waals surface area contributed by atoms with Gasteiger partial charge in [-0.05, 0) is 63.6 Å². The molecule has 22 heavy (non-hydrogen) atoms. The highest BCUT2D eigenvalue weighted by atomic mass is 16.6. The Morgan fingerprint density at radius 3 is 2.36 bits per heavy atom. The first kappa shape index (κ1) is 16.7. The van der Waals surface area contributed by atoms with E-state index in [4.69, 9.17) is 9.47 Å². The maximum Gasteiger partial charge on any atom is 0.410 e. The predicted molar refractivity (Wildman–Crippen MR) is 87.5 cm³/mol. The van der Waals surface area contributed by atoms with Crippen molar-refractivity contribution in [2.45, 2.75) is 52.1 Å². The van der Waals surface area contributed by atoms with E-state index in [9.17, 15) is 4.79 Å². The minimum Gasteiger partial charge on any atom is -0.496 e. The van der Waals surface area contributed by atoms with Gasteiger partial charge in [-0.2, -0.15) is 0 Å². The van der Waals surface area contributed by atoms with Crippen LogP contribution >= 0.6 is 0 Å². The van der Waals surface area contributed by atoms with Crippen LogP contribution in [0.25, 0.3) is 0 Å². The lowest BCUT2D eigenvalue weighted by molar-refractivity contribution is 0.0205. The second-order valence-corrected chi connectivity index (χ2v) is 6.97. The molecular formula is C18H27NO3. The summed E-state index contributed by atoms with van der Waals surface area (Å²) in [7, 11) is 1.70. The number of hydrogen-bond acceptors (Lipinski definition) is 3. The number of aryl methyl sites for hydroxylation is 1. The van der Waals surface area contributed by atoms with Crippen LogP contribution in [0.1, 0.15) is 50.7 Å². The van der Waals surface area contributed by atoms with Gasteiger partial charge < -0.3 is 14.4 Å². The summed E-state index contributed by atoms with van der Waals surface area (Å²) in [5.74, 6) is 1.43. The lowest BCUT2D eigenvalue weighted by atomic mass is 9.88. The van der Waals surface area contributed by atoms with Crippen LogP contribution in [-0.4, -0.2) is 36.8 Å². The smallest absolute Gasteiger partial charge is 0.410 e. The first-order valence-corrected chi connectivity index (χ1v) is 7.92. The van der Waals surface area contributed by atoms with Crippen LogP contribution in [0.2, 0.25) is 0 Å². The first-order chi connectivity index (χ1) is 10.3. The largest absolute Gasteiger partial charge is 0.496 e. The van der Waals surface area contributed by atoms with E-state index in [1.165, 1.54) is 5.56 Å². The molecule has 1 amide bonds. The fourth-order valence-corrected chi connectivity index (χ4v) is 2.88. The van der Waals surface area contributed by atoms with Crippen molar-refractivity contribution < 1.29 is 14.3 Å². The van der Waals surface area contributed by atoms with Crippen molar-refractivity contribution in [2.75, 3.05) is 20.2 Å². The lowest BCUT2D eigenvalue weighted by Crippen LogP contribution is -2.41. The third-order valence-corrected chi connectivity index (χ3v) is 4.04. The number of nitrogens with zero attached hydrogens (tertiary/aromatic N) is 1. The van der Waals surface area contributed by atoms with Gasteiger partial charge in [0.1, 0.15) is 11.4 Å². The van der Waals surface area contributed by atoms with Gasteiger partial charge in [0.2, 0.25) is 0 Å². The molecule has 1 aliphatic heterocycles. The monoisotopic (exact) mass is 305 g/mol. The SMILES string of the molecule is COc1ccc(C2CCN(C(=O)OC(C)(C)C)CC2)cc1C. The van der Waals surface area contributed by atoms with E-state index in [0.717, 1.165) is 37.2 Å². The fourth-order valence-electron chi connectivity index (χ4n) is 2.88. The van der Waals surface area contributed by atoms with Crippen molar-refractivity contribution in [3.8, 4) is 5.75 Å². The van der Waals surface area contributed by atoms with Crippen molar-refractivity contribution >= 4 is 6.09 Å². The summed E-state index contributed by atoms with van der Waals surface area (Å²) in [5, 5.41) is 0. The summed E-state index contributed by atoms with van der Waals surface area (Å²) in [6, 6.07) is 6.37. The highest BCUT2D eigenvalue weighted by Gasteiger charge is 2.27. The normalized spacial score (nSPS) is 16.5. The molecule has 0 aromatic heterocycles. The Morgan fingerprint density at radius 2 is 1.86 bits per heavy atom. The summed E-state index contributed by atoms with van der Waals surface area (Å²) in [5.41, 5.74) is 2.07. The first-order valence-electron chi connectivity index (χ1n) is 7.92. The van der Waals surface area contributed by atoms with E-state index in [0.29, 0.717) is 5.92 Å². The highest BCUT2D eigenvalue weighted by Crippen LogP contribution is 2.31. The van der Waals surface area contributed by atoms with E-state index in [1.54, 1.807) is 7.11 Å². The molecule has 0 N–H and O–H groups in total. The van der Waals surface area contributed by atoms with Gasteiger partial charge in [-0.1, -0.05) is 12.1 Å². The van der Waals surface area contributed by atoms with Crippen molar-refractivity contribution in [3.63, 3.8) is 0 Å². The van der Waals surface area contributed by atoms with E-state index < -0.39 is 5.60 Å². The predicted octanol–water partition coefficient (Wildman–Crippen LogP) is 4.12. The Kier molecular flexibility index (Phi) is 4.99. The van der Waals surface area contributed by atoms with Gasteiger partial charge in [0.05, 0.1) is 7.11 Å². The number of carbonyl (C=O) groups excluding carboxylic acids is 1. The minimum absolute atomic E-state index is 0.197. The summed E-state index contributed by atoms with van der Waals surface area (Å²) in [4.78, 5) is 13.9. The van der Waals surface area contributed by atoms with Crippen LogP contribution in [0.4, 0.5) is 4.79 Å². The van der Waals surface area contributed by atoms with Crippen molar-refractivity contribution in [1.29, 1.82) is 0 Å². The van der Waals surface area contributed by atoms with Crippen LogP contribution in [0.3, 0.4) is 0 Å². The van der Waals surface area contributed by atoms with E-state index in [1.807, 2.05) is 31.7 Å². The highest BCUT2D eigenvalue weighted by molar-refractivity contribution is 5.68. The molecular weight excluding hydrogens is 278 g/mol. The topological polar surface area (TPSA) is 38.8 Å². The Bertz CT molecular complexity index is 526. The maximum absolute atomic E-state index is 12.1. The summed E-state index contributed by atoms with van der Waals surface area (Å²) < 4.78 is 10.8. The maximum atomic E-state index is 12.1. The molecule has 1 aromatic carbocycles. The molecule has 0 spiro atoms. The molecule has 0 bridgehead atoms. The van der Waals surface area contributed by atoms with Gasteiger partial charge in [-0.25, -0.2) is 4.79 Å².